The van der Waals surface area contributed by atoms with Gasteiger partial charge < -0.3 is 4.90 Å². The Morgan fingerprint density at radius 3 is 3.07 bits per heavy atom. The first kappa shape index (κ1) is 8.41. The van der Waals surface area contributed by atoms with Gasteiger partial charge >= 0.3 is 0 Å². The minimum Gasteiger partial charge on any atom is -0.355 e. The van der Waals surface area contributed by atoms with Gasteiger partial charge in [0, 0.05) is 43.3 Å². The molecule has 0 saturated heterocycles. The number of nitrogens with zero attached hydrogens (tertiary/aromatic N) is 3. The Morgan fingerprint density at radius 1 is 1.20 bits per heavy atom. The maximum absolute atomic E-state index is 4.40. The molecule has 2 aromatic heterocycles. The van der Waals surface area contributed by atoms with Crippen molar-refractivity contribution in [3.05, 3.63) is 42.4 Å². The fourth-order valence-electron chi connectivity index (χ4n) is 2.05. The van der Waals surface area contributed by atoms with Crippen molar-refractivity contribution in [2.45, 2.75) is 6.54 Å². The van der Waals surface area contributed by atoms with E-state index < -0.39 is 0 Å². The third-order valence-electron chi connectivity index (χ3n) is 2.76. The molecule has 0 spiro atoms. The normalized spacial score (nSPS) is 13.3. The van der Waals surface area contributed by atoms with E-state index in [9.17, 15) is 0 Å². The quantitative estimate of drug-likeness (QED) is 0.647. The number of anilines is 1. The van der Waals surface area contributed by atoms with Crippen LogP contribution in [0.15, 0.2) is 36.8 Å². The molecule has 0 aliphatic carbocycles. The second kappa shape index (κ2) is 3.05. The molecule has 0 unspecified atom stereocenters. The molecule has 0 saturated carbocycles. The van der Waals surface area contributed by atoms with Crippen LogP contribution in [0.4, 0.5) is 5.82 Å². The Balaban J connectivity index is 2.30. The van der Waals surface area contributed by atoms with E-state index in [-0.39, 0.29) is 0 Å². The predicted molar refractivity (Wildman–Crippen MR) is 59.6 cm³/mol. The van der Waals surface area contributed by atoms with E-state index in [4.69, 9.17) is 0 Å². The van der Waals surface area contributed by atoms with E-state index in [0.717, 1.165) is 12.4 Å². The van der Waals surface area contributed by atoms with Crippen LogP contribution >= 0.6 is 0 Å². The van der Waals surface area contributed by atoms with Crippen LogP contribution in [0.3, 0.4) is 0 Å². The van der Waals surface area contributed by atoms with Gasteiger partial charge in [0.2, 0.25) is 0 Å². The SMILES string of the molecule is CN1Cc2ccncc2-c2cccnc21. The van der Waals surface area contributed by atoms with Gasteiger partial charge in [-0.25, -0.2) is 4.98 Å². The van der Waals surface area contributed by atoms with Crippen LogP contribution in [-0.4, -0.2) is 17.0 Å². The van der Waals surface area contributed by atoms with Crippen LogP contribution in [0.25, 0.3) is 11.1 Å². The first-order chi connectivity index (χ1) is 7.36. The van der Waals surface area contributed by atoms with Gasteiger partial charge in [-0.3, -0.25) is 4.98 Å². The van der Waals surface area contributed by atoms with E-state index in [1.165, 1.54) is 16.7 Å². The van der Waals surface area contributed by atoms with Crippen LogP contribution in [0.2, 0.25) is 0 Å². The molecule has 0 N–H and O–H groups in total. The summed E-state index contributed by atoms with van der Waals surface area (Å²) in [5.41, 5.74) is 3.70. The molecular formula is C12H11N3. The van der Waals surface area contributed by atoms with Crippen molar-refractivity contribution in [1.82, 2.24) is 9.97 Å². The lowest BCUT2D eigenvalue weighted by molar-refractivity contribution is 0.881. The summed E-state index contributed by atoms with van der Waals surface area (Å²) in [5, 5.41) is 0. The molecule has 2 aromatic rings. The first-order valence-electron chi connectivity index (χ1n) is 4.95. The third kappa shape index (κ3) is 1.20. The molecule has 0 bridgehead atoms. The molecule has 1 aliphatic rings. The van der Waals surface area contributed by atoms with Crippen LogP contribution in [0.5, 0.6) is 0 Å². The summed E-state index contributed by atoms with van der Waals surface area (Å²) in [6, 6.07) is 6.13. The maximum Gasteiger partial charge on any atom is 0.136 e. The molecule has 3 nitrogen and oxygen atoms in total. The molecule has 0 atom stereocenters. The third-order valence-corrected chi connectivity index (χ3v) is 2.76. The molecule has 0 amide bonds. The zero-order valence-electron chi connectivity index (χ0n) is 8.51. The Morgan fingerprint density at radius 2 is 2.13 bits per heavy atom. The zero-order chi connectivity index (χ0) is 10.3. The lowest BCUT2D eigenvalue weighted by Gasteiger charge is -2.27. The first-order valence-corrected chi connectivity index (χ1v) is 4.95. The summed E-state index contributed by atoms with van der Waals surface area (Å²) >= 11 is 0. The number of aromatic nitrogens is 2. The van der Waals surface area contributed by atoms with Gasteiger partial charge in [0.05, 0.1) is 0 Å². The van der Waals surface area contributed by atoms with Gasteiger partial charge in [0.15, 0.2) is 0 Å². The van der Waals surface area contributed by atoms with Gasteiger partial charge in [-0.1, -0.05) is 0 Å². The fourth-order valence-corrected chi connectivity index (χ4v) is 2.05. The van der Waals surface area contributed by atoms with E-state index in [2.05, 4.69) is 34.0 Å². The topological polar surface area (TPSA) is 29.0 Å². The second-order valence-electron chi connectivity index (χ2n) is 3.76. The minimum atomic E-state index is 0.905. The molecule has 3 rings (SSSR count). The fraction of sp³-hybridized carbons (Fsp3) is 0.167. The molecule has 74 valence electrons. The lowest BCUT2D eigenvalue weighted by atomic mass is 9.98. The monoisotopic (exact) mass is 197 g/mol. The molecule has 3 heteroatoms. The maximum atomic E-state index is 4.40. The Kier molecular flexibility index (Phi) is 1.71. The second-order valence-corrected chi connectivity index (χ2v) is 3.76. The summed E-state index contributed by atoms with van der Waals surface area (Å²) in [6.07, 6.45) is 5.59. The van der Waals surface area contributed by atoms with Crippen molar-refractivity contribution in [3.8, 4) is 11.1 Å². The highest BCUT2D eigenvalue weighted by atomic mass is 15.2. The van der Waals surface area contributed by atoms with Crippen molar-refractivity contribution in [1.29, 1.82) is 0 Å². The molecular weight excluding hydrogens is 186 g/mol. The standard InChI is InChI=1S/C12H11N3/c1-15-8-9-4-6-13-7-11(9)10-3-2-5-14-12(10)15/h2-7H,8H2,1H3. The number of fused-ring (bicyclic) bond motifs is 3. The summed E-state index contributed by atoms with van der Waals surface area (Å²) in [5.74, 6) is 1.04. The molecule has 0 radical (unpaired) electrons. The van der Waals surface area contributed by atoms with Gasteiger partial charge in [0.25, 0.3) is 0 Å². The van der Waals surface area contributed by atoms with Crippen molar-refractivity contribution in [3.63, 3.8) is 0 Å². The van der Waals surface area contributed by atoms with Gasteiger partial charge in [0.1, 0.15) is 5.82 Å². The van der Waals surface area contributed by atoms with E-state index >= 15 is 0 Å². The lowest BCUT2D eigenvalue weighted by Crippen LogP contribution is -2.22. The highest BCUT2D eigenvalue weighted by Crippen LogP contribution is 2.35. The number of rotatable bonds is 0. The van der Waals surface area contributed by atoms with Gasteiger partial charge in [-0.05, 0) is 23.8 Å². The van der Waals surface area contributed by atoms with Crippen molar-refractivity contribution < 1.29 is 0 Å². The summed E-state index contributed by atoms with van der Waals surface area (Å²) in [4.78, 5) is 10.7. The van der Waals surface area contributed by atoms with Crippen LogP contribution in [-0.2, 0) is 6.54 Å². The van der Waals surface area contributed by atoms with Crippen molar-refractivity contribution in [2.24, 2.45) is 0 Å². The summed E-state index contributed by atoms with van der Waals surface area (Å²) < 4.78 is 0. The number of hydrogen-bond acceptors (Lipinski definition) is 3. The predicted octanol–water partition coefficient (Wildman–Crippen LogP) is 2.09. The number of pyridine rings is 2. The smallest absolute Gasteiger partial charge is 0.136 e. The highest BCUT2D eigenvalue weighted by Gasteiger charge is 2.19. The van der Waals surface area contributed by atoms with E-state index in [1.54, 1.807) is 0 Å². The van der Waals surface area contributed by atoms with E-state index in [0.29, 0.717) is 0 Å². The minimum absolute atomic E-state index is 0.905. The Labute approximate surface area is 88.4 Å². The summed E-state index contributed by atoms with van der Waals surface area (Å²) in [7, 11) is 2.06. The molecule has 15 heavy (non-hydrogen) atoms. The molecule has 0 aromatic carbocycles. The molecule has 3 heterocycles. The van der Waals surface area contributed by atoms with Crippen molar-refractivity contribution in [2.75, 3.05) is 11.9 Å². The Bertz CT molecular complexity index is 508. The zero-order valence-corrected chi connectivity index (χ0v) is 8.51. The average molecular weight is 197 g/mol. The van der Waals surface area contributed by atoms with Crippen LogP contribution < -0.4 is 4.90 Å². The van der Waals surface area contributed by atoms with Gasteiger partial charge in [-0.15, -0.1) is 0 Å². The summed E-state index contributed by atoms with van der Waals surface area (Å²) in [6.45, 7) is 0.905. The van der Waals surface area contributed by atoms with Crippen LogP contribution in [0.1, 0.15) is 5.56 Å². The molecule has 0 fully saturated rings. The Hall–Kier alpha value is -1.90. The largest absolute Gasteiger partial charge is 0.355 e. The highest BCUT2D eigenvalue weighted by molar-refractivity contribution is 5.80. The number of hydrogen-bond donors (Lipinski definition) is 0. The van der Waals surface area contributed by atoms with Crippen LogP contribution in [0, 0.1) is 0 Å². The average Bonchev–Trinajstić information content (AvgIpc) is 2.30. The van der Waals surface area contributed by atoms with E-state index in [1.807, 2.05) is 24.7 Å². The van der Waals surface area contributed by atoms with Gasteiger partial charge in [-0.2, -0.15) is 0 Å². The van der Waals surface area contributed by atoms with Crippen molar-refractivity contribution >= 4 is 5.82 Å². The molecule has 1 aliphatic heterocycles.